The number of hydrogen-bond donors (Lipinski definition) is 2. The summed E-state index contributed by atoms with van der Waals surface area (Å²) in [5, 5.41) is 11.8. The molecule has 1 atom stereocenters. The molecule has 0 aromatic carbocycles. The predicted octanol–water partition coefficient (Wildman–Crippen LogP) is 0.576. The molecule has 0 spiro atoms. The lowest BCUT2D eigenvalue weighted by Gasteiger charge is -2.25. The van der Waals surface area contributed by atoms with Crippen LogP contribution in [0.25, 0.3) is 0 Å². The molecule has 1 fully saturated rings. The molecule has 1 unspecified atom stereocenters. The van der Waals surface area contributed by atoms with E-state index in [1.54, 1.807) is 6.20 Å². The lowest BCUT2D eigenvalue weighted by atomic mass is 10.2. The summed E-state index contributed by atoms with van der Waals surface area (Å²) in [4.78, 5) is 10.5. The van der Waals surface area contributed by atoms with Crippen LogP contribution in [0.15, 0.2) is 17.5 Å². The van der Waals surface area contributed by atoms with Gasteiger partial charge in [0, 0.05) is 32.1 Å². The van der Waals surface area contributed by atoms with Crippen molar-refractivity contribution in [3.05, 3.63) is 18.1 Å². The molecule has 0 bridgehead atoms. The van der Waals surface area contributed by atoms with Gasteiger partial charge in [-0.05, 0) is 19.8 Å². The Morgan fingerprint density at radius 3 is 3.00 bits per heavy atom. The fourth-order valence-corrected chi connectivity index (χ4v) is 2.19. The zero-order valence-corrected chi connectivity index (χ0v) is 11.0. The molecule has 1 aliphatic heterocycles. The Bertz CT molecular complexity index is 446. The topological polar surface area (TPSA) is 96.9 Å². The summed E-state index contributed by atoms with van der Waals surface area (Å²) in [5.74, 6) is 0.588. The number of nitrogens with two attached hydrogens (primary N) is 1. The van der Waals surface area contributed by atoms with Crippen LogP contribution in [0.2, 0.25) is 0 Å². The van der Waals surface area contributed by atoms with Crippen molar-refractivity contribution in [2.75, 3.05) is 24.6 Å². The van der Waals surface area contributed by atoms with E-state index in [2.05, 4.69) is 15.1 Å². The second-order valence-electron chi connectivity index (χ2n) is 4.39. The Hall–Kier alpha value is -1.89. The van der Waals surface area contributed by atoms with E-state index in [9.17, 15) is 0 Å². The highest BCUT2D eigenvalue weighted by atomic mass is 16.5. The molecule has 2 rings (SSSR count). The van der Waals surface area contributed by atoms with Crippen LogP contribution >= 0.6 is 0 Å². The van der Waals surface area contributed by atoms with E-state index in [0.717, 1.165) is 32.5 Å². The summed E-state index contributed by atoms with van der Waals surface area (Å²) >= 11 is 0. The van der Waals surface area contributed by atoms with Crippen LogP contribution in [0.4, 0.5) is 5.82 Å². The highest BCUT2D eigenvalue weighted by Crippen LogP contribution is 2.19. The predicted molar refractivity (Wildman–Crippen MR) is 71.4 cm³/mol. The zero-order valence-electron chi connectivity index (χ0n) is 11.0. The number of likely N-dealkylation sites (N-methyl/N-ethyl adjacent to an activating group) is 1. The molecule has 0 saturated carbocycles. The Morgan fingerprint density at radius 1 is 1.58 bits per heavy atom. The molecule has 7 nitrogen and oxygen atoms in total. The van der Waals surface area contributed by atoms with Crippen molar-refractivity contribution in [3.8, 4) is 0 Å². The van der Waals surface area contributed by atoms with Gasteiger partial charge in [-0.15, -0.1) is 0 Å². The summed E-state index contributed by atoms with van der Waals surface area (Å²) in [6.07, 6.45) is 5.48. The second kappa shape index (κ2) is 6.33. The van der Waals surface area contributed by atoms with Crippen molar-refractivity contribution >= 4 is 11.7 Å². The van der Waals surface area contributed by atoms with Gasteiger partial charge in [-0.1, -0.05) is 5.16 Å². The number of rotatable bonds is 5. The van der Waals surface area contributed by atoms with Crippen LogP contribution in [-0.4, -0.2) is 46.8 Å². The van der Waals surface area contributed by atoms with Gasteiger partial charge < -0.3 is 20.6 Å². The summed E-state index contributed by atoms with van der Waals surface area (Å²) < 4.78 is 5.63. The highest BCUT2D eigenvalue weighted by Gasteiger charge is 2.22. The molecule has 104 valence electrons. The van der Waals surface area contributed by atoms with Gasteiger partial charge in [-0.3, -0.25) is 0 Å². The molecule has 1 aliphatic rings. The van der Waals surface area contributed by atoms with Gasteiger partial charge in [-0.2, -0.15) is 0 Å². The Labute approximate surface area is 112 Å². The highest BCUT2D eigenvalue weighted by molar-refractivity contribution is 5.99. The summed E-state index contributed by atoms with van der Waals surface area (Å²) in [6, 6.07) is 0. The molecule has 0 amide bonds. The molecule has 1 aromatic heterocycles. The third kappa shape index (κ3) is 3.11. The summed E-state index contributed by atoms with van der Waals surface area (Å²) in [6.45, 7) is 4.33. The monoisotopic (exact) mass is 265 g/mol. The minimum atomic E-state index is -0.0334. The average Bonchev–Trinajstić information content (AvgIpc) is 2.97. The molecular weight excluding hydrogens is 246 g/mol. The van der Waals surface area contributed by atoms with E-state index >= 15 is 0 Å². The van der Waals surface area contributed by atoms with Crippen LogP contribution in [0.5, 0.6) is 0 Å². The smallest absolute Gasteiger partial charge is 0.192 e. The zero-order chi connectivity index (χ0) is 13.7. The summed E-state index contributed by atoms with van der Waals surface area (Å²) in [5.41, 5.74) is 6.03. The van der Waals surface area contributed by atoms with Gasteiger partial charge in [0.2, 0.25) is 0 Å². The van der Waals surface area contributed by atoms with Crippen LogP contribution in [-0.2, 0) is 4.74 Å². The average molecular weight is 265 g/mol. The number of anilines is 1. The quantitative estimate of drug-likeness (QED) is 0.350. The van der Waals surface area contributed by atoms with Gasteiger partial charge in [-0.25, -0.2) is 9.97 Å². The van der Waals surface area contributed by atoms with E-state index in [1.165, 1.54) is 6.20 Å². The molecule has 2 heterocycles. The van der Waals surface area contributed by atoms with Crippen LogP contribution < -0.4 is 10.6 Å². The maximum absolute atomic E-state index is 8.80. The molecule has 0 aliphatic carbocycles. The number of amidine groups is 1. The Morgan fingerprint density at radius 2 is 2.37 bits per heavy atom. The van der Waals surface area contributed by atoms with E-state index in [-0.39, 0.29) is 11.9 Å². The maximum atomic E-state index is 8.80. The molecule has 0 radical (unpaired) electrons. The fraction of sp³-hybridized carbons (Fsp3) is 0.583. The number of hydrogen-bond acceptors (Lipinski definition) is 6. The third-order valence-corrected chi connectivity index (χ3v) is 3.16. The maximum Gasteiger partial charge on any atom is 0.192 e. The number of nitrogens with zero attached hydrogens (tertiary/aromatic N) is 4. The minimum Gasteiger partial charge on any atom is -0.409 e. The van der Waals surface area contributed by atoms with Crippen molar-refractivity contribution in [2.45, 2.75) is 25.9 Å². The summed E-state index contributed by atoms with van der Waals surface area (Å²) in [7, 11) is 0. The second-order valence-corrected chi connectivity index (χ2v) is 4.39. The first-order chi connectivity index (χ1) is 9.26. The number of ether oxygens (including phenoxy) is 1. The van der Waals surface area contributed by atoms with Crippen molar-refractivity contribution in [1.82, 2.24) is 9.97 Å². The van der Waals surface area contributed by atoms with E-state index < -0.39 is 0 Å². The largest absolute Gasteiger partial charge is 0.409 e. The van der Waals surface area contributed by atoms with Gasteiger partial charge in [0.1, 0.15) is 0 Å². The van der Waals surface area contributed by atoms with Crippen molar-refractivity contribution < 1.29 is 9.94 Å². The number of aromatic nitrogens is 2. The van der Waals surface area contributed by atoms with E-state index in [0.29, 0.717) is 11.5 Å². The molecular formula is C12H19N5O2. The molecule has 3 N–H and O–H groups in total. The molecule has 1 saturated heterocycles. The van der Waals surface area contributed by atoms with Crippen molar-refractivity contribution in [2.24, 2.45) is 10.9 Å². The van der Waals surface area contributed by atoms with Crippen molar-refractivity contribution in [1.29, 1.82) is 0 Å². The lowest BCUT2D eigenvalue weighted by molar-refractivity contribution is 0.115. The van der Waals surface area contributed by atoms with E-state index in [1.807, 2.05) is 11.8 Å². The van der Waals surface area contributed by atoms with Crippen molar-refractivity contribution in [3.63, 3.8) is 0 Å². The van der Waals surface area contributed by atoms with E-state index in [4.69, 9.17) is 15.7 Å². The van der Waals surface area contributed by atoms with Crippen LogP contribution in [0, 0.1) is 0 Å². The molecule has 7 heteroatoms. The molecule has 1 aromatic rings. The van der Waals surface area contributed by atoms with Gasteiger partial charge >= 0.3 is 0 Å². The lowest BCUT2D eigenvalue weighted by Crippen LogP contribution is -2.34. The Kier molecular flexibility index (Phi) is 4.51. The van der Waals surface area contributed by atoms with Gasteiger partial charge in [0.15, 0.2) is 17.3 Å². The first-order valence-corrected chi connectivity index (χ1v) is 6.41. The van der Waals surface area contributed by atoms with Gasteiger partial charge in [0.05, 0.1) is 6.10 Å². The van der Waals surface area contributed by atoms with Gasteiger partial charge in [0.25, 0.3) is 0 Å². The SMILES string of the molecule is CCN(CC1CCCO1)c1nccnc1C(N)=NO. The first kappa shape index (κ1) is 13.5. The number of oxime groups is 1. The third-order valence-electron chi connectivity index (χ3n) is 3.16. The Balaban J connectivity index is 2.22. The molecule has 19 heavy (non-hydrogen) atoms. The first-order valence-electron chi connectivity index (χ1n) is 6.41. The normalized spacial score (nSPS) is 19.6. The fourth-order valence-electron chi connectivity index (χ4n) is 2.19. The van der Waals surface area contributed by atoms with Crippen LogP contribution in [0.3, 0.4) is 0 Å². The standard InChI is InChI=1S/C12H19N5O2/c1-2-17(8-9-4-3-7-19-9)12-10(11(13)16-18)14-5-6-15-12/h5-6,9,18H,2-4,7-8H2,1H3,(H2,13,16). The van der Waals surface area contributed by atoms with Crippen LogP contribution in [0.1, 0.15) is 25.5 Å². The minimum absolute atomic E-state index is 0.0334.